The number of hydrogen-bond acceptors (Lipinski definition) is 7. The van der Waals surface area contributed by atoms with Crippen LogP contribution in [0.25, 0.3) is 0 Å². The van der Waals surface area contributed by atoms with E-state index in [0.717, 1.165) is 41.3 Å². The fraction of sp³-hybridized carbons (Fsp3) is 0.300. The Morgan fingerprint density at radius 1 is 1.10 bits per heavy atom. The molecule has 2 aromatic rings. The molecule has 0 saturated heterocycles. The molecular formula is C20H20N4O6. The molecule has 156 valence electrons. The standard InChI is InChI=1S/C20H20N4O6/c25-20(26)6-1-3-13-7-9-16-14(11-13)4-2-5-17(16)21-22-18-10-8-15(23(27)28)12-19(18)24(29)30/h7-12,22H,1-6H2,(H,25,26). The zero-order chi connectivity index (χ0) is 21.7. The van der Waals surface area contributed by atoms with Gasteiger partial charge in [0.15, 0.2) is 0 Å². The van der Waals surface area contributed by atoms with Crippen LogP contribution >= 0.6 is 0 Å². The molecule has 10 nitrogen and oxygen atoms in total. The van der Waals surface area contributed by atoms with E-state index >= 15 is 0 Å². The molecule has 0 aromatic heterocycles. The molecule has 2 N–H and O–H groups in total. The summed E-state index contributed by atoms with van der Waals surface area (Å²) in [5.41, 5.74) is 5.85. The first-order chi connectivity index (χ1) is 14.3. The summed E-state index contributed by atoms with van der Waals surface area (Å²) in [4.78, 5) is 31.4. The van der Waals surface area contributed by atoms with Gasteiger partial charge in [-0.2, -0.15) is 5.10 Å². The van der Waals surface area contributed by atoms with Crippen molar-refractivity contribution in [3.05, 3.63) is 73.3 Å². The van der Waals surface area contributed by atoms with Gasteiger partial charge in [-0.1, -0.05) is 18.2 Å². The first-order valence-corrected chi connectivity index (χ1v) is 9.44. The van der Waals surface area contributed by atoms with Gasteiger partial charge in [-0.3, -0.25) is 30.4 Å². The summed E-state index contributed by atoms with van der Waals surface area (Å²) >= 11 is 0. The van der Waals surface area contributed by atoms with Crippen LogP contribution in [-0.2, 0) is 17.6 Å². The quantitative estimate of drug-likeness (QED) is 0.490. The number of carbonyl (C=O) groups is 1. The van der Waals surface area contributed by atoms with Crippen molar-refractivity contribution in [1.29, 1.82) is 0 Å². The van der Waals surface area contributed by atoms with Crippen molar-refractivity contribution >= 4 is 28.7 Å². The van der Waals surface area contributed by atoms with Crippen LogP contribution in [0, 0.1) is 20.2 Å². The topological polar surface area (TPSA) is 148 Å². The molecule has 0 saturated carbocycles. The molecule has 0 amide bonds. The number of nitro benzene ring substituents is 2. The minimum atomic E-state index is -0.811. The van der Waals surface area contributed by atoms with E-state index in [1.165, 1.54) is 12.1 Å². The summed E-state index contributed by atoms with van der Waals surface area (Å²) in [6, 6.07) is 9.30. The van der Waals surface area contributed by atoms with E-state index in [0.29, 0.717) is 19.3 Å². The molecule has 0 fully saturated rings. The number of hydrogen-bond donors (Lipinski definition) is 2. The number of rotatable bonds is 8. The lowest BCUT2D eigenvalue weighted by atomic mass is 9.88. The predicted octanol–water partition coefficient (Wildman–Crippen LogP) is 4.06. The van der Waals surface area contributed by atoms with Gasteiger partial charge in [0.2, 0.25) is 0 Å². The van der Waals surface area contributed by atoms with Crippen LogP contribution in [0.15, 0.2) is 41.5 Å². The molecule has 30 heavy (non-hydrogen) atoms. The van der Waals surface area contributed by atoms with Gasteiger partial charge in [0.05, 0.1) is 21.6 Å². The lowest BCUT2D eigenvalue weighted by molar-refractivity contribution is -0.393. The van der Waals surface area contributed by atoms with E-state index in [2.05, 4.69) is 16.6 Å². The normalized spacial score (nSPS) is 14.2. The minimum absolute atomic E-state index is 0.0792. The third kappa shape index (κ3) is 4.96. The van der Waals surface area contributed by atoms with Gasteiger partial charge in [0.1, 0.15) is 5.69 Å². The number of anilines is 1. The Morgan fingerprint density at radius 3 is 2.60 bits per heavy atom. The second-order valence-corrected chi connectivity index (χ2v) is 6.98. The Balaban J connectivity index is 1.81. The number of non-ortho nitro benzene ring substituents is 1. The maximum atomic E-state index is 11.3. The van der Waals surface area contributed by atoms with Gasteiger partial charge in [0.25, 0.3) is 5.69 Å². The smallest absolute Gasteiger partial charge is 0.303 e. The number of aryl methyl sites for hydroxylation is 2. The number of aliphatic carboxylic acids is 1. The number of carboxylic acids is 1. The van der Waals surface area contributed by atoms with Crippen molar-refractivity contribution < 1.29 is 19.7 Å². The molecule has 0 radical (unpaired) electrons. The van der Waals surface area contributed by atoms with Crippen LogP contribution in [-0.4, -0.2) is 26.6 Å². The SMILES string of the molecule is O=C(O)CCCc1ccc2c(c1)CCCC2=NNc1ccc([N+](=O)[O-])cc1[N+](=O)[O-]. The van der Waals surface area contributed by atoms with E-state index in [1.54, 1.807) is 0 Å². The Morgan fingerprint density at radius 2 is 1.90 bits per heavy atom. The average molecular weight is 412 g/mol. The molecule has 1 aliphatic carbocycles. The molecule has 0 bridgehead atoms. The molecular weight excluding hydrogens is 392 g/mol. The first-order valence-electron chi connectivity index (χ1n) is 9.44. The third-order valence-electron chi connectivity index (χ3n) is 4.90. The molecule has 0 spiro atoms. The number of nitrogens with one attached hydrogen (secondary N) is 1. The van der Waals surface area contributed by atoms with Gasteiger partial charge >= 0.3 is 11.7 Å². The van der Waals surface area contributed by atoms with Gasteiger partial charge in [-0.25, -0.2) is 0 Å². The van der Waals surface area contributed by atoms with E-state index in [9.17, 15) is 25.0 Å². The van der Waals surface area contributed by atoms with Crippen molar-refractivity contribution in [3.8, 4) is 0 Å². The highest BCUT2D eigenvalue weighted by atomic mass is 16.6. The first kappa shape index (κ1) is 20.9. The van der Waals surface area contributed by atoms with Crippen molar-refractivity contribution in [3.63, 3.8) is 0 Å². The fourth-order valence-electron chi connectivity index (χ4n) is 3.44. The predicted molar refractivity (Wildman–Crippen MR) is 110 cm³/mol. The van der Waals surface area contributed by atoms with Crippen LogP contribution in [0.4, 0.5) is 17.1 Å². The van der Waals surface area contributed by atoms with Gasteiger partial charge < -0.3 is 5.11 Å². The number of benzene rings is 2. The molecule has 0 unspecified atom stereocenters. The van der Waals surface area contributed by atoms with Crippen LogP contribution in [0.2, 0.25) is 0 Å². The highest BCUT2D eigenvalue weighted by Gasteiger charge is 2.20. The van der Waals surface area contributed by atoms with Crippen molar-refractivity contribution in [2.24, 2.45) is 5.10 Å². The maximum absolute atomic E-state index is 11.3. The Kier molecular flexibility index (Phi) is 6.35. The van der Waals surface area contributed by atoms with Gasteiger partial charge in [0, 0.05) is 18.1 Å². The zero-order valence-corrected chi connectivity index (χ0v) is 16.0. The second-order valence-electron chi connectivity index (χ2n) is 6.98. The molecule has 10 heteroatoms. The molecule has 0 aliphatic heterocycles. The van der Waals surface area contributed by atoms with Gasteiger partial charge in [-0.05, 0) is 49.3 Å². The largest absolute Gasteiger partial charge is 0.481 e. The summed E-state index contributed by atoms with van der Waals surface area (Å²) in [7, 11) is 0. The number of carboxylic acid groups (broad SMARTS) is 1. The average Bonchev–Trinajstić information content (AvgIpc) is 2.71. The van der Waals surface area contributed by atoms with E-state index < -0.39 is 21.5 Å². The monoisotopic (exact) mass is 412 g/mol. The second kappa shape index (κ2) is 9.12. The number of hydrazone groups is 1. The maximum Gasteiger partial charge on any atom is 0.303 e. The van der Waals surface area contributed by atoms with E-state index in [1.807, 2.05) is 12.1 Å². The van der Waals surface area contributed by atoms with Crippen molar-refractivity contribution in [2.45, 2.75) is 38.5 Å². The van der Waals surface area contributed by atoms with Crippen LogP contribution < -0.4 is 5.43 Å². The summed E-state index contributed by atoms with van der Waals surface area (Å²) < 4.78 is 0. The van der Waals surface area contributed by atoms with Crippen molar-refractivity contribution in [2.75, 3.05) is 5.43 Å². The van der Waals surface area contributed by atoms with E-state index in [-0.39, 0.29) is 17.8 Å². The van der Waals surface area contributed by atoms with Crippen LogP contribution in [0.3, 0.4) is 0 Å². The number of nitrogens with zero attached hydrogens (tertiary/aromatic N) is 3. The highest BCUT2D eigenvalue weighted by molar-refractivity contribution is 6.03. The summed E-state index contributed by atoms with van der Waals surface area (Å²) in [6.07, 6.45) is 3.81. The lowest BCUT2D eigenvalue weighted by Crippen LogP contribution is -2.14. The van der Waals surface area contributed by atoms with E-state index in [4.69, 9.17) is 5.11 Å². The molecule has 2 aromatic carbocycles. The third-order valence-corrected chi connectivity index (χ3v) is 4.90. The fourth-order valence-corrected chi connectivity index (χ4v) is 3.44. The zero-order valence-electron chi connectivity index (χ0n) is 16.0. The summed E-state index contributed by atoms with van der Waals surface area (Å²) in [5, 5.41) is 35.2. The Bertz CT molecular complexity index is 1030. The molecule has 0 heterocycles. The minimum Gasteiger partial charge on any atom is -0.481 e. The molecule has 3 rings (SSSR count). The van der Waals surface area contributed by atoms with Crippen LogP contribution in [0.1, 0.15) is 42.4 Å². The van der Waals surface area contributed by atoms with Gasteiger partial charge in [-0.15, -0.1) is 0 Å². The lowest BCUT2D eigenvalue weighted by Gasteiger charge is -2.19. The Labute approximate surface area is 171 Å². The summed E-state index contributed by atoms with van der Waals surface area (Å²) in [5.74, 6) is -0.811. The molecule has 1 aliphatic rings. The molecule has 0 atom stereocenters. The van der Waals surface area contributed by atoms with Crippen molar-refractivity contribution in [1.82, 2.24) is 0 Å². The Hall–Kier alpha value is -3.82. The van der Waals surface area contributed by atoms with Crippen LogP contribution in [0.5, 0.6) is 0 Å². The summed E-state index contributed by atoms with van der Waals surface area (Å²) in [6.45, 7) is 0. The number of nitro groups is 2. The number of fused-ring (bicyclic) bond motifs is 1. The highest BCUT2D eigenvalue weighted by Crippen LogP contribution is 2.30.